The number of thioether (sulfide) groups is 1. The van der Waals surface area contributed by atoms with E-state index >= 15 is 0 Å². The molecule has 0 atom stereocenters. The second kappa shape index (κ2) is 7.18. The van der Waals surface area contributed by atoms with Crippen LogP contribution in [0.15, 0.2) is 47.4 Å². The Morgan fingerprint density at radius 1 is 1.14 bits per heavy atom. The van der Waals surface area contributed by atoms with E-state index in [0.717, 1.165) is 11.4 Å². The van der Waals surface area contributed by atoms with Crippen molar-refractivity contribution in [3.8, 4) is 0 Å². The van der Waals surface area contributed by atoms with Crippen LogP contribution in [0.4, 0.5) is 11.4 Å². The Bertz CT molecular complexity index is 640. The number of anilines is 2. The molecule has 0 saturated carbocycles. The highest BCUT2D eigenvalue weighted by Crippen LogP contribution is 2.22. The van der Waals surface area contributed by atoms with Gasteiger partial charge in [0, 0.05) is 28.4 Å². The van der Waals surface area contributed by atoms with Crippen molar-refractivity contribution < 1.29 is 4.79 Å². The van der Waals surface area contributed by atoms with E-state index in [1.54, 1.807) is 23.9 Å². The van der Waals surface area contributed by atoms with Gasteiger partial charge in [-0.25, -0.2) is 0 Å². The summed E-state index contributed by atoms with van der Waals surface area (Å²) < 4.78 is 0. The van der Waals surface area contributed by atoms with Gasteiger partial charge in [0.25, 0.3) is 0 Å². The molecule has 4 heteroatoms. The summed E-state index contributed by atoms with van der Waals surface area (Å²) in [7, 11) is 0. The first-order valence-electron chi connectivity index (χ1n) is 6.90. The van der Waals surface area contributed by atoms with Gasteiger partial charge in [0.2, 0.25) is 5.91 Å². The van der Waals surface area contributed by atoms with Crippen molar-refractivity contribution in [2.24, 2.45) is 0 Å². The molecule has 0 unspecified atom stereocenters. The van der Waals surface area contributed by atoms with Crippen molar-refractivity contribution >= 4 is 29.0 Å². The maximum Gasteiger partial charge on any atom is 0.225 e. The number of benzene rings is 2. The second-order valence-corrected chi connectivity index (χ2v) is 6.19. The number of amides is 1. The Balaban J connectivity index is 1.80. The van der Waals surface area contributed by atoms with Crippen LogP contribution in [0.1, 0.15) is 17.5 Å². The SMILES string of the molecule is Cc1ccc(SCCC(=O)Nc2cccc(N)c2)cc1C. The van der Waals surface area contributed by atoms with Gasteiger partial charge in [-0.1, -0.05) is 12.1 Å². The van der Waals surface area contributed by atoms with Crippen LogP contribution in [-0.4, -0.2) is 11.7 Å². The van der Waals surface area contributed by atoms with E-state index in [9.17, 15) is 4.79 Å². The summed E-state index contributed by atoms with van der Waals surface area (Å²) in [5, 5.41) is 2.86. The number of carbonyl (C=O) groups is 1. The van der Waals surface area contributed by atoms with Gasteiger partial charge in [-0.2, -0.15) is 0 Å². The van der Waals surface area contributed by atoms with E-state index in [4.69, 9.17) is 5.73 Å². The zero-order valence-corrected chi connectivity index (χ0v) is 13.2. The summed E-state index contributed by atoms with van der Waals surface area (Å²) in [5.74, 6) is 0.772. The summed E-state index contributed by atoms with van der Waals surface area (Å²) in [6, 6.07) is 13.6. The number of carbonyl (C=O) groups excluding carboxylic acids is 1. The molecule has 0 aliphatic carbocycles. The number of nitrogen functional groups attached to an aromatic ring is 1. The van der Waals surface area contributed by atoms with Gasteiger partial charge in [0.15, 0.2) is 0 Å². The summed E-state index contributed by atoms with van der Waals surface area (Å²) >= 11 is 1.70. The molecule has 0 aliphatic heterocycles. The third-order valence-electron chi connectivity index (χ3n) is 3.25. The number of hydrogen-bond donors (Lipinski definition) is 2. The molecule has 110 valence electrons. The molecule has 2 rings (SSSR count). The molecule has 21 heavy (non-hydrogen) atoms. The van der Waals surface area contributed by atoms with Crippen molar-refractivity contribution in [2.75, 3.05) is 16.8 Å². The first-order valence-corrected chi connectivity index (χ1v) is 7.88. The minimum atomic E-state index is 0.0110. The number of hydrogen-bond acceptors (Lipinski definition) is 3. The first kappa shape index (κ1) is 15.4. The molecule has 0 aromatic heterocycles. The third-order valence-corrected chi connectivity index (χ3v) is 4.24. The van der Waals surface area contributed by atoms with Crippen LogP contribution in [0.2, 0.25) is 0 Å². The van der Waals surface area contributed by atoms with Gasteiger partial charge in [-0.15, -0.1) is 11.8 Å². The highest BCUT2D eigenvalue weighted by molar-refractivity contribution is 7.99. The highest BCUT2D eigenvalue weighted by atomic mass is 32.2. The largest absolute Gasteiger partial charge is 0.399 e. The standard InChI is InChI=1S/C17H20N2OS/c1-12-6-7-16(10-13(12)2)21-9-8-17(20)19-15-5-3-4-14(18)11-15/h3-7,10-11H,8-9,18H2,1-2H3,(H,19,20). The quantitative estimate of drug-likeness (QED) is 0.648. The molecule has 0 radical (unpaired) electrons. The lowest BCUT2D eigenvalue weighted by molar-refractivity contribution is -0.115. The van der Waals surface area contributed by atoms with Crippen LogP contribution in [0, 0.1) is 13.8 Å². The first-order chi connectivity index (χ1) is 10.0. The Morgan fingerprint density at radius 3 is 2.67 bits per heavy atom. The average molecular weight is 300 g/mol. The van der Waals surface area contributed by atoms with Crippen molar-refractivity contribution in [3.63, 3.8) is 0 Å². The Kier molecular flexibility index (Phi) is 5.28. The number of nitrogens with two attached hydrogens (primary N) is 1. The summed E-state index contributed by atoms with van der Waals surface area (Å²) in [6.45, 7) is 4.20. The second-order valence-electron chi connectivity index (χ2n) is 5.02. The fourth-order valence-corrected chi connectivity index (χ4v) is 2.85. The van der Waals surface area contributed by atoms with Crippen molar-refractivity contribution in [1.82, 2.24) is 0 Å². The van der Waals surface area contributed by atoms with E-state index in [0.29, 0.717) is 12.1 Å². The normalized spacial score (nSPS) is 10.4. The number of aryl methyl sites for hydroxylation is 2. The van der Waals surface area contributed by atoms with Crippen LogP contribution >= 0.6 is 11.8 Å². The molecule has 0 heterocycles. The summed E-state index contributed by atoms with van der Waals surface area (Å²) in [5.41, 5.74) is 9.65. The lowest BCUT2D eigenvalue weighted by atomic mass is 10.1. The lowest BCUT2D eigenvalue weighted by Gasteiger charge is -2.07. The molecule has 1 amide bonds. The van der Waals surface area contributed by atoms with Gasteiger partial charge in [-0.05, 0) is 55.3 Å². The van der Waals surface area contributed by atoms with E-state index in [1.807, 2.05) is 12.1 Å². The summed E-state index contributed by atoms with van der Waals surface area (Å²) in [4.78, 5) is 13.1. The van der Waals surface area contributed by atoms with Crippen LogP contribution in [0.25, 0.3) is 0 Å². The molecule has 0 aliphatic rings. The van der Waals surface area contributed by atoms with Crippen LogP contribution in [0.5, 0.6) is 0 Å². The lowest BCUT2D eigenvalue weighted by Crippen LogP contribution is -2.12. The third kappa shape index (κ3) is 4.83. The molecular weight excluding hydrogens is 280 g/mol. The van der Waals surface area contributed by atoms with Crippen LogP contribution < -0.4 is 11.1 Å². The Hall–Kier alpha value is -1.94. The minimum absolute atomic E-state index is 0.0110. The van der Waals surface area contributed by atoms with E-state index in [1.165, 1.54) is 16.0 Å². The highest BCUT2D eigenvalue weighted by Gasteiger charge is 2.04. The smallest absolute Gasteiger partial charge is 0.225 e. The monoisotopic (exact) mass is 300 g/mol. The fourth-order valence-electron chi connectivity index (χ4n) is 1.91. The van der Waals surface area contributed by atoms with E-state index in [-0.39, 0.29) is 5.91 Å². The average Bonchev–Trinajstić information content (AvgIpc) is 2.43. The van der Waals surface area contributed by atoms with Gasteiger partial charge in [0.1, 0.15) is 0 Å². The van der Waals surface area contributed by atoms with Crippen LogP contribution in [0.3, 0.4) is 0 Å². The molecule has 0 bridgehead atoms. The number of rotatable bonds is 5. The molecule has 0 saturated heterocycles. The van der Waals surface area contributed by atoms with Gasteiger partial charge < -0.3 is 11.1 Å². The van der Waals surface area contributed by atoms with E-state index < -0.39 is 0 Å². The maximum absolute atomic E-state index is 11.9. The number of nitrogens with one attached hydrogen (secondary N) is 1. The van der Waals surface area contributed by atoms with Crippen molar-refractivity contribution in [2.45, 2.75) is 25.2 Å². The van der Waals surface area contributed by atoms with Crippen molar-refractivity contribution in [3.05, 3.63) is 53.6 Å². The maximum atomic E-state index is 11.9. The zero-order valence-electron chi connectivity index (χ0n) is 12.3. The zero-order chi connectivity index (χ0) is 15.2. The molecule has 2 aromatic carbocycles. The van der Waals surface area contributed by atoms with Gasteiger partial charge in [0.05, 0.1) is 0 Å². The van der Waals surface area contributed by atoms with Gasteiger partial charge in [-0.3, -0.25) is 4.79 Å². The van der Waals surface area contributed by atoms with E-state index in [2.05, 4.69) is 37.4 Å². The molecular formula is C17H20N2OS. The molecule has 3 nitrogen and oxygen atoms in total. The Labute approximate surface area is 129 Å². The minimum Gasteiger partial charge on any atom is -0.399 e. The van der Waals surface area contributed by atoms with Gasteiger partial charge >= 0.3 is 0 Å². The van der Waals surface area contributed by atoms with Crippen molar-refractivity contribution in [1.29, 1.82) is 0 Å². The molecule has 0 spiro atoms. The fraction of sp³-hybridized carbons (Fsp3) is 0.235. The predicted molar refractivity (Wildman–Crippen MR) is 90.7 cm³/mol. The summed E-state index contributed by atoms with van der Waals surface area (Å²) in [6.07, 6.45) is 0.479. The molecule has 0 fully saturated rings. The van der Waals surface area contributed by atoms with Crippen LogP contribution in [-0.2, 0) is 4.79 Å². The topological polar surface area (TPSA) is 55.1 Å². The molecule has 3 N–H and O–H groups in total. The predicted octanol–water partition coefficient (Wildman–Crippen LogP) is 4.01. The molecule has 2 aromatic rings. The Morgan fingerprint density at radius 2 is 1.95 bits per heavy atom.